The van der Waals surface area contributed by atoms with Crippen LogP contribution < -0.4 is 15.0 Å². The average molecular weight is 485 g/mol. The SMILES string of the molecule is COCCCN1CCOc2ccc(CO[C@H]3CNCC[C@@H]3c3ccc(COCCOC)cc3)cc21. The smallest absolute Gasteiger partial charge is 0.142 e. The Morgan fingerprint density at radius 3 is 2.63 bits per heavy atom. The summed E-state index contributed by atoms with van der Waals surface area (Å²) in [6.45, 7) is 7.68. The lowest BCUT2D eigenvalue weighted by atomic mass is 9.87. The van der Waals surface area contributed by atoms with Crippen LogP contribution >= 0.6 is 0 Å². The normalized spacial score (nSPS) is 19.9. The van der Waals surface area contributed by atoms with Crippen LogP contribution in [0.5, 0.6) is 5.75 Å². The molecule has 35 heavy (non-hydrogen) atoms. The number of ether oxygens (including phenoxy) is 5. The summed E-state index contributed by atoms with van der Waals surface area (Å²) in [6, 6.07) is 15.2. The van der Waals surface area contributed by atoms with Crippen LogP contribution in [0, 0.1) is 0 Å². The molecule has 192 valence electrons. The largest absolute Gasteiger partial charge is 0.490 e. The van der Waals surface area contributed by atoms with Crippen LogP contribution in [-0.2, 0) is 32.2 Å². The topological polar surface area (TPSA) is 61.4 Å². The van der Waals surface area contributed by atoms with Gasteiger partial charge in [0.2, 0.25) is 0 Å². The summed E-state index contributed by atoms with van der Waals surface area (Å²) in [5, 5.41) is 3.51. The molecule has 2 atom stereocenters. The number of nitrogens with one attached hydrogen (secondary N) is 1. The lowest BCUT2D eigenvalue weighted by Gasteiger charge is -2.33. The summed E-state index contributed by atoms with van der Waals surface area (Å²) in [5.74, 6) is 1.34. The molecule has 2 aliphatic rings. The molecule has 4 rings (SSSR count). The van der Waals surface area contributed by atoms with E-state index in [0.717, 1.165) is 63.7 Å². The highest BCUT2D eigenvalue weighted by molar-refractivity contribution is 5.61. The molecule has 7 heteroatoms. The second-order valence-corrected chi connectivity index (χ2v) is 9.22. The fraction of sp³-hybridized carbons (Fsp3) is 0.571. The summed E-state index contributed by atoms with van der Waals surface area (Å²) in [6.07, 6.45) is 2.21. The summed E-state index contributed by atoms with van der Waals surface area (Å²) >= 11 is 0. The first kappa shape index (κ1) is 25.9. The highest BCUT2D eigenvalue weighted by atomic mass is 16.5. The van der Waals surface area contributed by atoms with E-state index in [2.05, 4.69) is 52.7 Å². The number of fused-ring (bicyclic) bond motifs is 1. The monoisotopic (exact) mass is 484 g/mol. The van der Waals surface area contributed by atoms with Crippen molar-refractivity contribution in [3.05, 3.63) is 59.2 Å². The van der Waals surface area contributed by atoms with Crippen molar-refractivity contribution in [3.8, 4) is 5.75 Å². The fourth-order valence-corrected chi connectivity index (χ4v) is 4.82. The van der Waals surface area contributed by atoms with E-state index in [1.54, 1.807) is 14.2 Å². The maximum atomic E-state index is 6.50. The minimum absolute atomic E-state index is 0.137. The van der Waals surface area contributed by atoms with E-state index >= 15 is 0 Å². The molecule has 2 heterocycles. The number of anilines is 1. The summed E-state index contributed by atoms with van der Waals surface area (Å²) in [4.78, 5) is 2.40. The Morgan fingerprint density at radius 1 is 0.971 bits per heavy atom. The van der Waals surface area contributed by atoms with E-state index in [1.165, 1.54) is 16.7 Å². The highest BCUT2D eigenvalue weighted by Crippen LogP contribution is 2.34. The third-order valence-corrected chi connectivity index (χ3v) is 6.76. The molecule has 0 aromatic heterocycles. The molecule has 1 N–H and O–H groups in total. The van der Waals surface area contributed by atoms with Gasteiger partial charge in [0.25, 0.3) is 0 Å². The van der Waals surface area contributed by atoms with Gasteiger partial charge in [-0.1, -0.05) is 30.3 Å². The molecule has 2 aliphatic heterocycles. The first-order chi connectivity index (χ1) is 17.3. The first-order valence-corrected chi connectivity index (χ1v) is 12.8. The Balaban J connectivity index is 1.35. The molecule has 0 aliphatic carbocycles. The van der Waals surface area contributed by atoms with Gasteiger partial charge in [-0.15, -0.1) is 0 Å². The molecule has 2 aromatic carbocycles. The van der Waals surface area contributed by atoms with Crippen molar-refractivity contribution in [1.82, 2.24) is 5.32 Å². The second kappa shape index (κ2) is 13.8. The van der Waals surface area contributed by atoms with E-state index in [-0.39, 0.29) is 6.10 Å². The number of methoxy groups -OCH3 is 2. The first-order valence-electron chi connectivity index (χ1n) is 12.8. The van der Waals surface area contributed by atoms with Crippen LogP contribution in [0.15, 0.2) is 42.5 Å². The van der Waals surface area contributed by atoms with Crippen molar-refractivity contribution in [3.63, 3.8) is 0 Å². The van der Waals surface area contributed by atoms with Gasteiger partial charge < -0.3 is 33.9 Å². The zero-order valence-electron chi connectivity index (χ0n) is 21.2. The van der Waals surface area contributed by atoms with Crippen molar-refractivity contribution < 1.29 is 23.7 Å². The number of benzene rings is 2. The molecule has 0 radical (unpaired) electrons. The number of hydrogen-bond donors (Lipinski definition) is 1. The van der Waals surface area contributed by atoms with E-state index in [4.69, 9.17) is 23.7 Å². The zero-order valence-corrected chi connectivity index (χ0v) is 21.2. The van der Waals surface area contributed by atoms with Gasteiger partial charge in [0.1, 0.15) is 12.4 Å². The molecular formula is C28H40N2O5. The van der Waals surface area contributed by atoms with E-state index in [1.807, 2.05) is 0 Å². The van der Waals surface area contributed by atoms with Gasteiger partial charge >= 0.3 is 0 Å². The number of nitrogens with zero attached hydrogens (tertiary/aromatic N) is 1. The summed E-state index contributed by atoms with van der Waals surface area (Å²) < 4.78 is 28.3. The van der Waals surface area contributed by atoms with Crippen molar-refractivity contribution in [2.45, 2.75) is 38.1 Å². The number of rotatable bonds is 13. The summed E-state index contributed by atoms with van der Waals surface area (Å²) in [7, 11) is 3.44. The molecule has 7 nitrogen and oxygen atoms in total. The lowest BCUT2D eigenvalue weighted by molar-refractivity contribution is 0.0106. The van der Waals surface area contributed by atoms with Crippen molar-refractivity contribution >= 4 is 5.69 Å². The van der Waals surface area contributed by atoms with Gasteiger partial charge in [-0.05, 0) is 48.2 Å². The van der Waals surface area contributed by atoms with E-state index < -0.39 is 0 Å². The van der Waals surface area contributed by atoms with Crippen LogP contribution in [0.2, 0.25) is 0 Å². The van der Waals surface area contributed by atoms with E-state index in [9.17, 15) is 0 Å². The quantitative estimate of drug-likeness (QED) is 0.435. The second-order valence-electron chi connectivity index (χ2n) is 9.22. The van der Waals surface area contributed by atoms with Gasteiger partial charge in [0.15, 0.2) is 0 Å². The number of hydrogen-bond acceptors (Lipinski definition) is 7. The predicted molar refractivity (Wildman–Crippen MR) is 137 cm³/mol. The molecular weight excluding hydrogens is 444 g/mol. The maximum absolute atomic E-state index is 6.50. The van der Waals surface area contributed by atoms with Crippen LogP contribution in [0.4, 0.5) is 5.69 Å². The Morgan fingerprint density at radius 2 is 1.80 bits per heavy atom. The minimum atomic E-state index is 0.137. The Kier molecular flexibility index (Phi) is 10.2. The molecule has 0 saturated carbocycles. The van der Waals surface area contributed by atoms with Gasteiger partial charge in [0, 0.05) is 39.8 Å². The molecule has 1 saturated heterocycles. The number of piperidine rings is 1. The third-order valence-electron chi connectivity index (χ3n) is 6.76. The molecule has 0 unspecified atom stereocenters. The van der Waals surface area contributed by atoms with Crippen LogP contribution in [0.3, 0.4) is 0 Å². The average Bonchev–Trinajstić information content (AvgIpc) is 2.91. The molecule has 2 aromatic rings. The third kappa shape index (κ3) is 7.41. The van der Waals surface area contributed by atoms with Gasteiger partial charge in [-0.3, -0.25) is 0 Å². The summed E-state index contributed by atoms with van der Waals surface area (Å²) in [5.41, 5.74) is 4.86. The molecule has 0 bridgehead atoms. The lowest BCUT2D eigenvalue weighted by Crippen LogP contribution is -2.41. The molecule has 0 amide bonds. The van der Waals surface area contributed by atoms with Crippen LogP contribution in [0.1, 0.15) is 35.4 Å². The van der Waals surface area contributed by atoms with Crippen molar-refractivity contribution in [2.24, 2.45) is 0 Å². The van der Waals surface area contributed by atoms with Gasteiger partial charge in [-0.2, -0.15) is 0 Å². The van der Waals surface area contributed by atoms with E-state index in [0.29, 0.717) is 32.3 Å². The zero-order chi connectivity index (χ0) is 24.3. The van der Waals surface area contributed by atoms with Crippen LogP contribution in [-0.4, -0.2) is 72.9 Å². The van der Waals surface area contributed by atoms with Crippen LogP contribution in [0.25, 0.3) is 0 Å². The predicted octanol–water partition coefficient (Wildman–Crippen LogP) is 3.75. The maximum Gasteiger partial charge on any atom is 0.142 e. The van der Waals surface area contributed by atoms with Gasteiger partial charge in [0.05, 0.1) is 44.8 Å². The molecule has 0 spiro atoms. The minimum Gasteiger partial charge on any atom is -0.490 e. The van der Waals surface area contributed by atoms with Crippen molar-refractivity contribution in [2.75, 3.05) is 71.7 Å². The molecule has 1 fully saturated rings. The van der Waals surface area contributed by atoms with Gasteiger partial charge in [-0.25, -0.2) is 0 Å². The Bertz CT molecular complexity index is 891. The Hall–Kier alpha value is -2.16. The standard InChI is InChI=1S/C28H40N2O5/c1-31-14-3-12-30-13-15-34-27-9-6-23(18-26(27)30)21-35-28-19-29-11-10-25(28)24-7-4-22(5-8-24)20-33-17-16-32-2/h4-9,18,25,28-29H,3,10-17,19-21H2,1-2H3/t25-,28+/m1/s1. The Labute approximate surface area is 209 Å². The fourth-order valence-electron chi connectivity index (χ4n) is 4.82. The van der Waals surface area contributed by atoms with Crippen molar-refractivity contribution in [1.29, 1.82) is 0 Å². The highest BCUT2D eigenvalue weighted by Gasteiger charge is 2.27.